The average Bonchev–Trinajstić information content (AvgIpc) is 2.42. The fraction of sp³-hybridized carbons (Fsp3) is 0.857. The molecule has 2 N–H and O–H groups in total. The van der Waals surface area contributed by atoms with Crippen LogP contribution in [0.25, 0.3) is 0 Å². The highest BCUT2D eigenvalue weighted by Crippen LogP contribution is 2.28. The molecule has 1 saturated heterocycles. The van der Waals surface area contributed by atoms with Gasteiger partial charge in [-0.3, -0.25) is 4.79 Å². The Kier molecular flexibility index (Phi) is 6.26. The normalized spacial score (nSPS) is 19.1. The predicted octanol–water partition coefficient (Wildman–Crippen LogP) is 1.56. The zero-order chi connectivity index (χ0) is 15.2. The first-order chi connectivity index (χ1) is 9.38. The Morgan fingerprint density at radius 3 is 2.50 bits per heavy atom. The number of hydrogen-bond acceptors (Lipinski definition) is 3. The molecule has 1 aliphatic heterocycles. The van der Waals surface area contributed by atoms with E-state index in [0.717, 1.165) is 26.1 Å². The van der Waals surface area contributed by atoms with Crippen LogP contribution in [0.4, 0.5) is 4.79 Å². The van der Waals surface area contributed by atoms with Gasteiger partial charge in [0.05, 0.1) is 5.92 Å². The third-order valence-corrected chi connectivity index (χ3v) is 3.95. The predicted molar refractivity (Wildman–Crippen MR) is 75.6 cm³/mol. The van der Waals surface area contributed by atoms with Crippen molar-refractivity contribution >= 4 is 12.0 Å². The largest absolute Gasteiger partial charge is 0.481 e. The van der Waals surface area contributed by atoms with Gasteiger partial charge in [-0.05, 0) is 25.2 Å². The van der Waals surface area contributed by atoms with Crippen LogP contribution in [0, 0.1) is 11.3 Å². The highest BCUT2D eigenvalue weighted by atomic mass is 16.5. The molecule has 0 aliphatic carbocycles. The van der Waals surface area contributed by atoms with E-state index in [2.05, 4.69) is 12.2 Å². The molecular weight excluding hydrogens is 260 g/mol. The maximum atomic E-state index is 12.1. The number of hydrogen-bond donors (Lipinski definition) is 2. The van der Waals surface area contributed by atoms with Gasteiger partial charge in [-0.25, -0.2) is 4.79 Å². The Labute approximate surface area is 120 Å². The molecule has 1 aliphatic rings. The van der Waals surface area contributed by atoms with E-state index in [9.17, 15) is 9.59 Å². The van der Waals surface area contributed by atoms with Crippen molar-refractivity contribution < 1.29 is 19.4 Å². The molecule has 1 heterocycles. The Hall–Kier alpha value is -1.30. The third-order valence-electron chi connectivity index (χ3n) is 3.95. The van der Waals surface area contributed by atoms with Gasteiger partial charge in [-0.15, -0.1) is 0 Å². The summed E-state index contributed by atoms with van der Waals surface area (Å²) in [5.74, 6) is -1.44. The number of nitrogens with zero attached hydrogens (tertiary/aromatic N) is 1. The van der Waals surface area contributed by atoms with E-state index in [1.165, 1.54) is 0 Å². The second kappa shape index (κ2) is 7.47. The van der Waals surface area contributed by atoms with Crippen LogP contribution in [0.5, 0.6) is 0 Å². The lowest BCUT2D eigenvalue weighted by atomic mass is 9.82. The molecule has 0 spiro atoms. The van der Waals surface area contributed by atoms with Crippen LogP contribution in [0.1, 0.15) is 33.6 Å². The minimum atomic E-state index is -0.882. The van der Waals surface area contributed by atoms with E-state index in [1.807, 2.05) is 6.92 Å². The number of rotatable bonds is 6. The molecule has 1 fully saturated rings. The first-order valence-electron chi connectivity index (χ1n) is 7.21. The third kappa shape index (κ3) is 5.00. The van der Waals surface area contributed by atoms with Crippen LogP contribution in [0.2, 0.25) is 0 Å². The van der Waals surface area contributed by atoms with Crippen molar-refractivity contribution in [1.82, 2.24) is 10.2 Å². The number of amides is 2. The van der Waals surface area contributed by atoms with Crippen molar-refractivity contribution in [3.8, 4) is 0 Å². The molecule has 6 nitrogen and oxygen atoms in total. The molecule has 0 aromatic rings. The highest BCUT2D eigenvalue weighted by Gasteiger charge is 2.28. The SMILES string of the molecule is CCN(CC(C)C(=O)O)C(=O)NCC1(C)CCOCC1. The van der Waals surface area contributed by atoms with E-state index in [0.29, 0.717) is 13.1 Å². The number of carboxylic acid groups (broad SMARTS) is 1. The number of urea groups is 1. The number of nitrogens with one attached hydrogen (secondary N) is 1. The van der Waals surface area contributed by atoms with Gasteiger partial charge in [0.15, 0.2) is 0 Å². The summed E-state index contributed by atoms with van der Waals surface area (Å²) in [4.78, 5) is 24.5. The maximum absolute atomic E-state index is 12.1. The Morgan fingerprint density at radius 2 is 2.00 bits per heavy atom. The van der Waals surface area contributed by atoms with Crippen LogP contribution in [0.3, 0.4) is 0 Å². The molecular formula is C14H26N2O4. The minimum Gasteiger partial charge on any atom is -0.481 e. The number of carbonyl (C=O) groups is 2. The van der Waals surface area contributed by atoms with Gasteiger partial charge in [0.2, 0.25) is 0 Å². The first kappa shape index (κ1) is 16.8. The summed E-state index contributed by atoms with van der Waals surface area (Å²) in [6.07, 6.45) is 1.87. The van der Waals surface area contributed by atoms with Crippen molar-refractivity contribution in [2.75, 3.05) is 32.8 Å². The minimum absolute atomic E-state index is 0.0751. The fourth-order valence-electron chi connectivity index (χ4n) is 2.21. The van der Waals surface area contributed by atoms with Gasteiger partial charge in [0.1, 0.15) is 0 Å². The van der Waals surface area contributed by atoms with Crippen molar-refractivity contribution in [1.29, 1.82) is 0 Å². The summed E-state index contributed by atoms with van der Waals surface area (Å²) in [6, 6.07) is -0.187. The summed E-state index contributed by atoms with van der Waals surface area (Å²) < 4.78 is 5.33. The number of carbonyl (C=O) groups excluding carboxylic acids is 1. The van der Waals surface area contributed by atoms with Crippen molar-refractivity contribution in [2.45, 2.75) is 33.6 Å². The van der Waals surface area contributed by atoms with Gasteiger partial charge in [0.25, 0.3) is 0 Å². The molecule has 1 unspecified atom stereocenters. The molecule has 0 aromatic heterocycles. The Morgan fingerprint density at radius 1 is 1.40 bits per heavy atom. The van der Waals surface area contributed by atoms with Crippen molar-refractivity contribution in [3.63, 3.8) is 0 Å². The second-order valence-corrected chi connectivity index (χ2v) is 5.86. The van der Waals surface area contributed by atoms with Crippen LogP contribution in [0.15, 0.2) is 0 Å². The standard InChI is InChI=1S/C14H26N2O4/c1-4-16(9-11(2)12(17)18)13(19)15-10-14(3)5-7-20-8-6-14/h11H,4-10H2,1-3H3,(H,15,19)(H,17,18). The molecule has 0 saturated carbocycles. The van der Waals surface area contributed by atoms with Crippen LogP contribution >= 0.6 is 0 Å². The summed E-state index contributed by atoms with van der Waals surface area (Å²) in [7, 11) is 0. The van der Waals surface area contributed by atoms with Crippen molar-refractivity contribution in [3.05, 3.63) is 0 Å². The summed E-state index contributed by atoms with van der Waals surface area (Å²) in [6.45, 7) is 8.42. The van der Waals surface area contributed by atoms with E-state index >= 15 is 0 Å². The van der Waals surface area contributed by atoms with E-state index < -0.39 is 11.9 Å². The molecule has 1 rings (SSSR count). The first-order valence-corrected chi connectivity index (χ1v) is 7.21. The quantitative estimate of drug-likeness (QED) is 0.776. The second-order valence-electron chi connectivity index (χ2n) is 5.86. The molecule has 0 bridgehead atoms. The smallest absolute Gasteiger partial charge is 0.317 e. The molecule has 20 heavy (non-hydrogen) atoms. The average molecular weight is 286 g/mol. The molecule has 116 valence electrons. The number of carboxylic acids is 1. The highest BCUT2D eigenvalue weighted by molar-refractivity contribution is 5.76. The summed E-state index contributed by atoms with van der Waals surface area (Å²) >= 11 is 0. The van der Waals surface area contributed by atoms with Gasteiger partial charge >= 0.3 is 12.0 Å². The van der Waals surface area contributed by atoms with Gasteiger partial charge < -0.3 is 20.1 Å². The summed E-state index contributed by atoms with van der Waals surface area (Å²) in [5, 5.41) is 11.8. The monoisotopic (exact) mass is 286 g/mol. The topological polar surface area (TPSA) is 78.9 Å². The van der Waals surface area contributed by atoms with Gasteiger partial charge in [-0.1, -0.05) is 13.8 Å². The lowest BCUT2D eigenvalue weighted by Crippen LogP contribution is -2.47. The van der Waals surface area contributed by atoms with Gasteiger partial charge in [-0.2, -0.15) is 0 Å². The lowest BCUT2D eigenvalue weighted by molar-refractivity contribution is -0.141. The van der Waals surface area contributed by atoms with E-state index in [1.54, 1.807) is 11.8 Å². The number of aliphatic carboxylic acids is 1. The molecule has 2 amide bonds. The Balaban J connectivity index is 2.44. The van der Waals surface area contributed by atoms with Gasteiger partial charge in [0, 0.05) is 32.8 Å². The molecule has 6 heteroatoms. The zero-order valence-corrected chi connectivity index (χ0v) is 12.6. The van der Waals surface area contributed by atoms with Crippen molar-refractivity contribution in [2.24, 2.45) is 11.3 Å². The summed E-state index contributed by atoms with van der Waals surface area (Å²) in [5.41, 5.74) is 0.0751. The molecule has 1 atom stereocenters. The number of ether oxygens (including phenoxy) is 1. The fourth-order valence-corrected chi connectivity index (χ4v) is 2.21. The van der Waals surface area contributed by atoms with Crippen LogP contribution < -0.4 is 5.32 Å². The van der Waals surface area contributed by atoms with E-state index in [4.69, 9.17) is 9.84 Å². The zero-order valence-electron chi connectivity index (χ0n) is 12.6. The Bertz CT molecular complexity index is 340. The lowest BCUT2D eigenvalue weighted by Gasteiger charge is -2.34. The van der Waals surface area contributed by atoms with Crippen LogP contribution in [-0.2, 0) is 9.53 Å². The van der Waals surface area contributed by atoms with E-state index in [-0.39, 0.29) is 18.0 Å². The molecule has 0 aromatic carbocycles. The molecule has 0 radical (unpaired) electrons. The van der Waals surface area contributed by atoms with Crippen LogP contribution in [-0.4, -0.2) is 54.9 Å². The maximum Gasteiger partial charge on any atom is 0.317 e.